The minimum Gasteiger partial charge on any atom is -0.390 e. The standard InChI is InChI=1S/C14H30O/c1-9-11(3)12(4,5)14(8,10-2)13(6,7)15/h11,15H,9-10H2,1-8H3. The van der Waals surface area contributed by atoms with Crippen LogP contribution in [0.5, 0.6) is 0 Å². The van der Waals surface area contributed by atoms with Gasteiger partial charge in [-0.25, -0.2) is 0 Å². The van der Waals surface area contributed by atoms with Gasteiger partial charge in [0.05, 0.1) is 5.60 Å². The van der Waals surface area contributed by atoms with Crippen molar-refractivity contribution in [1.29, 1.82) is 0 Å². The maximum atomic E-state index is 10.4. The van der Waals surface area contributed by atoms with Gasteiger partial charge in [-0.3, -0.25) is 0 Å². The Morgan fingerprint density at radius 2 is 1.40 bits per heavy atom. The van der Waals surface area contributed by atoms with E-state index in [9.17, 15) is 5.11 Å². The average Bonchev–Trinajstić information content (AvgIpc) is 2.12. The van der Waals surface area contributed by atoms with Crippen molar-refractivity contribution in [1.82, 2.24) is 0 Å². The van der Waals surface area contributed by atoms with E-state index in [0.29, 0.717) is 5.92 Å². The van der Waals surface area contributed by atoms with Crippen molar-refractivity contribution in [3.05, 3.63) is 0 Å². The van der Waals surface area contributed by atoms with Gasteiger partial charge in [0.25, 0.3) is 0 Å². The Labute approximate surface area is 96.3 Å². The Kier molecular flexibility index (Phi) is 4.44. The van der Waals surface area contributed by atoms with Gasteiger partial charge in [0.2, 0.25) is 0 Å². The monoisotopic (exact) mass is 214 g/mol. The molecule has 0 bridgehead atoms. The largest absolute Gasteiger partial charge is 0.390 e. The quantitative estimate of drug-likeness (QED) is 0.725. The molecule has 1 heteroatoms. The van der Waals surface area contributed by atoms with E-state index in [2.05, 4.69) is 41.5 Å². The number of rotatable bonds is 5. The summed E-state index contributed by atoms with van der Waals surface area (Å²) in [7, 11) is 0. The Balaban J connectivity index is 5.28. The maximum absolute atomic E-state index is 10.4. The minimum absolute atomic E-state index is 0.0462. The summed E-state index contributed by atoms with van der Waals surface area (Å²) >= 11 is 0. The minimum atomic E-state index is -0.630. The van der Waals surface area contributed by atoms with Crippen molar-refractivity contribution in [3.8, 4) is 0 Å². The molecule has 0 heterocycles. The molecule has 1 nitrogen and oxygen atoms in total. The molecule has 0 aliphatic rings. The third kappa shape index (κ3) is 2.38. The molecule has 0 radical (unpaired) electrons. The first kappa shape index (κ1) is 15.0. The summed E-state index contributed by atoms with van der Waals surface area (Å²) < 4.78 is 0. The topological polar surface area (TPSA) is 20.2 Å². The molecule has 0 aliphatic heterocycles. The van der Waals surface area contributed by atoms with Crippen molar-refractivity contribution in [3.63, 3.8) is 0 Å². The smallest absolute Gasteiger partial charge is 0.0650 e. The van der Waals surface area contributed by atoms with Gasteiger partial charge in [0.1, 0.15) is 0 Å². The van der Waals surface area contributed by atoms with E-state index >= 15 is 0 Å². The molecule has 0 aromatic heterocycles. The van der Waals surface area contributed by atoms with E-state index in [1.165, 1.54) is 6.42 Å². The number of hydrogen-bond acceptors (Lipinski definition) is 1. The summed E-state index contributed by atoms with van der Waals surface area (Å²) in [4.78, 5) is 0. The van der Waals surface area contributed by atoms with Crippen LogP contribution < -0.4 is 0 Å². The highest BCUT2D eigenvalue weighted by molar-refractivity contribution is 5.00. The molecule has 0 aromatic carbocycles. The third-order valence-corrected chi connectivity index (χ3v) is 5.32. The molecule has 2 unspecified atom stereocenters. The van der Waals surface area contributed by atoms with E-state index < -0.39 is 5.60 Å². The SMILES string of the molecule is CCC(C)C(C)(C)C(C)(CC)C(C)(C)O. The van der Waals surface area contributed by atoms with E-state index in [1.54, 1.807) is 0 Å². The molecule has 0 saturated carbocycles. The highest BCUT2D eigenvalue weighted by Gasteiger charge is 2.51. The van der Waals surface area contributed by atoms with E-state index in [0.717, 1.165) is 6.42 Å². The lowest BCUT2D eigenvalue weighted by atomic mass is 9.53. The zero-order valence-electron chi connectivity index (χ0n) is 11.9. The predicted molar refractivity (Wildman–Crippen MR) is 67.9 cm³/mol. The number of aliphatic hydroxyl groups is 1. The summed E-state index contributed by atoms with van der Waals surface area (Å²) in [6.45, 7) is 17.4. The van der Waals surface area contributed by atoms with E-state index in [1.807, 2.05) is 13.8 Å². The van der Waals surface area contributed by atoms with Crippen LogP contribution in [0.4, 0.5) is 0 Å². The second kappa shape index (κ2) is 4.45. The molecule has 2 atom stereocenters. The molecular formula is C14H30O. The Morgan fingerprint density at radius 1 is 1.00 bits per heavy atom. The second-order valence-electron chi connectivity index (χ2n) is 6.28. The third-order valence-electron chi connectivity index (χ3n) is 5.32. The Hall–Kier alpha value is -0.0400. The lowest BCUT2D eigenvalue weighted by Gasteiger charge is -2.54. The van der Waals surface area contributed by atoms with Gasteiger partial charge in [0, 0.05) is 5.41 Å². The molecule has 1 N–H and O–H groups in total. The molecule has 92 valence electrons. The predicted octanol–water partition coefficient (Wildman–Crippen LogP) is 4.25. The van der Waals surface area contributed by atoms with Crippen molar-refractivity contribution < 1.29 is 5.11 Å². The van der Waals surface area contributed by atoms with Crippen molar-refractivity contribution in [2.24, 2.45) is 16.7 Å². The van der Waals surface area contributed by atoms with Crippen LogP contribution in [0, 0.1) is 16.7 Å². The fourth-order valence-electron chi connectivity index (χ4n) is 2.73. The molecule has 0 rings (SSSR count). The van der Waals surface area contributed by atoms with Crippen LogP contribution >= 0.6 is 0 Å². The van der Waals surface area contributed by atoms with Gasteiger partial charge in [-0.1, -0.05) is 48.0 Å². The highest BCUT2D eigenvalue weighted by Crippen LogP contribution is 2.53. The van der Waals surface area contributed by atoms with Crippen LogP contribution in [-0.2, 0) is 0 Å². The normalized spacial score (nSPS) is 19.8. The van der Waals surface area contributed by atoms with Crippen molar-refractivity contribution in [2.75, 3.05) is 0 Å². The van der Waals surface area contributed by atoms with Gasteiger partial charge >= 0.3 is 0 Å². The van der Waals surface area contributed by atoms with Crippen LogP contribution in [0.2, 0.25) is 0 Å². The van der Waals surface area contributed by atoms with Crippen LogP contribution in [0.25, 0.3) is 0 Å². The van der Waals surface area contributed by atoms with Crippen molar-refractivity contribution >= 4 is 0 Å². The Morgan fingerprint density at radius 3 is 1.60 bits per heavy atom. The second-order valence-corrected chi connectivity index (χ2v) is 6.28. The summed E-state index contributed by atoms with van der Waals surface area (Å²) in [6, 6.07) is 0. The van der Waals surface area contributed by atoms with Crippen LogP contribution in [-0.4, -0.2) is 10.7 Å². The van der Waals surface area contributed by atoms with Crippen molar-refractivity contribution in [2.45, 2.75) is 73.8 Å². The fourth-order valence-corrected chi connectivity index (χ4v) is 2.73. The van der Waals surface area contributed by atoms with Gasteiger partial charge in [-0.15, -0.1) is 0 Å². The van der Waals surface area contributed by atoms with E-state index in [4.69, 9.17) is 0 Å². The lowest BCUT2D eigenvalue weighted by molar-refractivity contribution is -0.134. The molecule has 0 aromatic rings. The van der Waals surface area contributed by atoms with Crippen LogP contribution in [0.3, 0.4) is 0 Å². The van der Waals surface area contributed by atoms with Gasteiger partial charge < -0.3 is 5.11 Å². The molecule has 0 aliphatic carbocycles. The first-order valence-corrected chi connectivity index (χ1v) is 6.27. The first-order valence-electron chi connectivity index (χ1n) is 6.27. The first-order chi connectivity index (χ1) is 6.54. The van der Waals surface area contributed by atoms with Gasteiger partial charge in [0.15, 0.2) is 0 Å². The van der Waals surface area contributed by atoms with Gasteiger partial charge in [-0.05, 0) is 31.6 Å². The maximum Gasteiger partial charge on any atom is 0.0650 e. The average molecular weight is 214 g/mol. The summed E-state index contributed by atoms with van der Waals surface area (Å²) in [5.74, 6) is 0.619. The van der Waals surface area contributed by atoms with Crippen LogP contribution in [0.1, 0.15) is 68.2 Å². The zero-order valence-corrected chi connectivity index (χ0v) is 11.9. The zero-order chi connectivity index (χ0) is 12.5. The molecule has 0 amide bonds. The fraction of sp³-hybridized carbons (Fsp3) is 1.00. The summed E-state index contributed by atoms with van der Waals surface area (Å²) in [5, 5.41) is 10.4. The highest BCUT2D eigenvalue weighted by atomic mass is 16.3. The number of hydrogen-bond donors (Lipinski definition) is 1. The van der Waals surface area contributed by atoms with Gasteiger partial charge in [-0.2, -0.15) is 0 Å². The lowest BCUT2D eigenvalue weighted by Crippen LogP contribution is -2.53. The summed E-state index contributed by atoms with van der Waals surface area (Å²) in [6.07, 6.45) is 2.17. The molecular weight excluding hydrogens is 184 g/mol. The molecule has 0 spiro atoms. The molecule has 15 heavy (non-hydrogen) atoms. The molecule has 0 fully saturated rings. The summed E-state index contributed by atoms with van der Waals surface area (Å²) in [5.41, 5.74) is -0.529. The molecule has 0 saturated heterocycles. The van der Waals surface area contributed by atoms with E-state index in [-0.39, 0.29) is 10.8 Å². The Bertz CT molecular complexity index is 200. The van der Waals surface area contributed by atoms with Crippen LogP contribution in [0.15, 0.2) is 0 Å².